The van der Waals surface area contributed by atoms with Gasteiger partial charge in [-0.05, 0) is 42.5 Å². The van der Waals surface area contributed by atoms with Crippen molar-refractivity contribution in [3.05, 3.63) is 40.7 Å². The normalized spacial score (nSPS) is 14.9. The van der Waals surface area contributed by atoms with Gasteiger partial charge in [0.15, 0.2) is 10.9 Å². The fourth-order valence-corrected chi connectivity index (χ4v) is 4.50. The lowest BCUT2D eigenvalue weighted by molar-refractivity contribution is -0.116. The van der Waals surface area contributed by atoms with Gasteiger partial charge in [-0.3, -0.25) is 9.59 Å². The van der Waals surface area contributed by atoms with E-state index < -0.39 is 0 Å². The molecule has 0 saturated carbocycles. The number of hydrogen-bond acceptors (Lipinski definition) is 8. The third-order valence-corrected chi connectivity index (χ3v) is 6.15. The van der Waals surface area contributed by atoms with Crippen LogP contribution in [-0.2, 0) is 17.6 Å². The van der Waals surface area contributed by atoms with Gasteiger partial charge >= 0.3 is 0 Å². The maximum absolute atomic E-state index is 12.3. The zero-order chi connectivity index (χ0) is 22.0. The van der Waals surface area contributed by atoms with Gasteiger partial charge < -0.3 is 14.6 Å². The van der Waals surface area contributed by atoms with E-state index in [4.69, 9.17) is 9.26 Å². The lowest BCUT2D eigenvalue weighted by Gasteiger charge is -2.26. The fraction of sp³-hybridized carbons (Fsp3) is 0.409. The second-order valence-corrected chi connectivity index (χ2v) is 9.38. The number of carbonyl (C=O) groups excluding carboxylic acids is 2. The predicted octanol–water partition coefficient (Wildman–Crippen LogP) is 4.32. The van der Waals surface area contributed by atoms with Crippen molar-refractivity contribution in [1.82, 2.24) is 15.1 Å². The molecular weight excluding hydrogens is 416 g/mol. The number of aryl methyl sites for hydroxylation is 1. The molecule has 0 saturated heterocycles. The van der Waals surface area contributed by atoms with E-state index in [1.54, 1.807) is 7.11 Å². The van der Waals surface area contributed by atoms with Crippen molar-refractivity contribution >= 4 is 28.2 Å². The molecule has 8 nitrogen and oxygen atoms in total. The Kier molecular flexibility index (Phi) is 5.86. The molecule has 2 aromatic heterocycles. The summed E-state index contributed by atoms with van der Waals surface area (Å²) in [6.07, 6.45) is 2.61. The van der Waals surface area contributed by atoms with Crippen LogP contribution in [0.15, 0.2) is 28.8 Å². The number of ketones is 1. The van der Waals surface area contributed by atoms with Crippen molar-refractivity contribution < 1.29 is 18.8 Å². The quantitative estimate of drug-likeness (QED) is 0.583. The minimum absolute atomic E-state index is 0.0891. The molecule has 9 heteroatoms. The highest BCUT2D eigenvalue weighted by Gasteiger charge is 2.34. The minimum Gasteiger partial charge on any atom is -0.497 e. The van der Waals surface area contributed by atoms with E-state index in [1.165, 1.54) is 11.3 Å². The molecule has 0 unspecified atom stereocenters. The van der Waals surface area contributed by atoms with Crippen LogP contribution in [0.3, 0.4) is 0 Å². The summed E-state index contributed by atoms with van der Waals surface area (Å²) in [7, 11) is 1.61. The molecule has 0 atom stereocenters. The van der Waals surface area contributed by atoms with Gasteiger partial charge in [0.25, 0.3) is 0 Å². The molecule has 0 spiro atoms. The molecule has 162 valence electrons. The number of benzene rings is 1. The number of hydrogen-bond donors (Lipinski definition) is 1. The number of Topliss-reactive ketones (excluding diaryl/α,β-unsaturated/α-hetero) is 1. The molecule has 1 N–H and O–H groups in total. The smallest absolute Gasteiger partial charge is 0.226 e. The fourth-order valence-electron chi connectivity index (χ4n) is 3.57. The van der Waals surface area contributed by atoms with Crippen LogP contribution >= 0.6 is 11.3 Å². The molecule has 1 aliphatic carbocycles. The maximum Gasteiger partial charge on any atom is 0.226 e. The first-order valence-corrected chi connectivity index (χ1v) is 10.9. The SMILES string of the molecule is COc1ccc(-c2noc(CCCC(=O)Nc3nc4c(s3)C(=O)CC(C)(C)C4)n2)cc1. The van der Waals surface area contributed by atoms with Crippen molar-refractivity contribution in [3.8, 4) is 17.1 Å². The Morgan fingerprint density at radius 2 is 2.00 bits per heavy atom. The second-order valence-electron chi connectivity index (χ2n) is 8.38. The zero-order valence-corrected chi connectivity index (χ0v) is 18.5. The Balaban J connectivity index is 1.28. The van der Waals surface area contributed by atoms with E-state index >= 15 is 0 Å². The minimum atomic E-state index is -0.146. The average molecular weight is 441 g/mol. The highest BCUT2D eigenvalue weighted by atomic mass is 32.1. The molecule has 1 amide bonds. The first kappa shape index (κ1) is 21.2. The molecule has 3 aromatic rings. The number of fused-ring (bicyclic) bond motifs is 1. The van der Waals surface area contributed by atoms with Crippen LogP contribution in [-0.4, -0.2) is 33.9 Å². The number of carbonyl (C=O) groups is 2. The molecule has 0 radical (unpaired) electrons. The molecule has 2 heterocycles. The van der Waals surface area contributed by atoms with Crippen LogP contribution in [0.2, 0.25) is 0 Å². The van der Waals surface area contributed by atoms with Gasteiger partial charge in [-0.2, -0.15) is 4.98 Å². The molecule has 1 aromatic carbocycles. The number of ether oxygens (including phenoxy) is 1. The van der Waals surface area contributed by atoms with Crippen molar-refractivity contribution in [2.45, 2.75) is 46.0 Å². The number of amides is 1. The molecule has 1 aliphatic rings. The van der Waals surface area contributed by atoms with Crippen LogP contribution in [0, 0.1) is 5.41 Å². The van der Waals surface area contributed by atoms with Crippen molar-refractivity contribution in [3.63, 3.8) is 0 Å². The highest BCUT2D eigenvalue weighted by Crippen LogP contribution is 2.38. The van der Waals surface area contributed by atoms with Crippen LogP contribution in [0.25, 0.3) is 11.4 Å². The third-order valence-electron chi connectivity index (χ3n) is 5.09. The lowest BCUT2D eigenvalue weighted by Crippen LogP contribution is -2.26. The number of anilines is 1. The Morgan fingerprint density at radius 1 is 1.23 bits per heavy atom. The molecule has 31 heavy (non-hydrogen) atoms. The van der Waals surface area contributed by atoms with E-state index in [2.05, 4.69) is 34.3 Å². The second kappa shape index (κ2) is 8.58. The zero-order valence-electron chi connectivity index (χ0n) is 17.7. The monoisotopic (exact) mass is 440 g/mol. The maximum atomic E-state index is 12.3. The summed E-state index contributed by atoms with van der Waals surface area (Å²) >= 11 is 1.26. The summed E-state index contributed by atoms with van der Waals surface area (Å²) < 4.78 is 10.4. The van der Waals surface area contributed by atoms with Gasteiger partial charge in [-0.15, -0.1) is 0 Å². The largest absolute Gasteiger partial charge is 0.497 e. The van der Waals surface area contributed by atoms with E-state index in [9.17, 15) is 9.59 Å². The molecular formula is C22H24N4O4S. The summed E-state index contributed by atoms with van der Waals surface area (Å²) in [6, 6.07) is 7.39. The number of rotatable bonds is 7. The molecule has 4 rings (SSSR count). The average Bonchev–Trinajstić information content (AvgIpc) is 3.34. The van der Waals surface area contributed by atoms with Crippen molar-refractivity contribution in [2.24, 2.45) is 5.41 Å². The summed E-state index contributed by atoms with van der Waals surface area (Å²) in [5.41, 5.74) is 1.53. The molecule has 0 aliphatic heterocycles. The summed E-state index contributed by atoms with van der Waals surface area (Å²) in [5.74, 6) is 1.70. The first-order chi connectivity index (χ1) is 14.8. The van der Waals surface area contributed by atoms with E-state index in [1.807, 2.05) is 24.3 Å². The molecule has 0 fully saturated rings. The summed E-state index contributed by atoms with van der Waals surface area (Å²) in [4.78, 5) is 34.1. The van der Waals surface area contributed by atoms with Gasteiger partial charge in [0.05, 0.1) is 17.7 Å². The topological polar surface area (TPSA) is 107 Å². The lowest BCUT2D eigenvalue weighted by atomic mass is 9.78. The highest BCUT2D eigenvalue weighted by molar-refractivity contribution is 7.17. The van der Waals surface area contributed by atoms with Gasteiger partial charge in [0.1, 0.15) is 5.75 Å². The van der Waals surface area contributed by atoms with Crippen LogP contribution in [0.5, 0.6) is 5.75 Å². The Labute approximate surface area is 184 Å². The standard InChI is InChI=1S/C22H24N4O4S/c1-22(2)11-15-19(16(27)12-22)31-21(23-15)24-17(28)5-4-6-18-25-20(26-30-18)13-7-9-14(29-3)10-8-13/h7-10H,4-6,11-12H2,1-3H3,(H,23,24,28). The van der Waals surface area contributed by atoms with E-state index in [0.29, 0.717) is 47.4 Å². The van der Waals surface area contributed by atoms with Gasteiger partial charge in [0, 0.05) is 24.8 Å². The Hall–Kier alpha value is -3.07. The number of methoxy groups -OCH3 is 1. The number of aromatic nitrogens is 3. The van der Waals surface area contributed by atoms with Crippen molar-refractivity contribution in [1.29, 1.82) is 0 Å². The number of thiazole rings is 1. The molecule has 0 bridgehead atoms. The number of nitrogens with zero attached hydrogens (tertiary/aromatic N) is 3. The van der Waals surface area contributed by atoms with Crippen molar-refractivity contribution in [2.75, 3.05) is 12.4 Å². The van der Waals surface area contributed by atoms with Gasteiger partial charge in [-0.25, -0.2) is 4.98 Å². The Bertz CT molecular complexity index is 1100. The van der Waals surface area contributed by atoms with Crippen LogP contribution in [0.4, 0.5) is 5.13 Å². The van der Waals surface area contributed by atoms with Gasteiger partial charge in [0.2, 0.25) is 17.6 Å². The summed E-state index contributed by atoms with van der Waals surface area (Å²) in [5, 5.41) is 7.30. The summed E-state index contributed by atoms with van der Waals surface area (Å²) in [6.45, 7) is 4.12. The first-order valence-electron chi connectivity index (χ1n) is 10.1. The van der Waals surface area contributed by atoms with E-state index in [0.717, 1.165) is 23.4 Å². The Morgan fingerprint density at radius 3 is 2.74 bits per heavy atom. The number of nitrogens with one attached hydrogen (secondary N) is 1. The van der Waals surface area contributed by atoms with E-state index in [-0.39, 0.29) is 17.1 Å². The predicted molar refractivity (Wildman–Crippen MR) is 116 cm³/mol. The third kappa shape index (κ3) is 4.99. The van der Waals surface area contributed by atoms with Crippen LogP contribution < -0.4 is 10.1 Å². The van der Waals surface area contributed by atoms with Crippen LogP contribution in [0.1, 0.15) is 54.4 Å². The van der Waals surface area contributed by atoms with Gasteiger partial charge in [-0.1, -0.05) is 30.3 Å².